The lowest BCUT2D eigenvalue weighted by atomic mass is 9.92. The minimum atomic E-state index is -0.444. The molecule has 1 heterocycles. The van der Waals surface area contributed by atoms with Crippen LogP contribution in [-0.4, -0.2) is 30.4 Å². The molecular formula is C15H21Cl2FN2O. The van der Waals surface area contributed by atoms with E-state index in [1.807, 2.05) is 0 Å². The highest BCUT2D eigenvalue weighted by Gasteiger charge is 2.27. The lowest BCUT2D eigenvalue weighted by molar-refractivity contribution is -0.135. The molecule has 0 unspecified atom stereocenters. The Morgan fingerprint density at radius 1 is 1.52 bits per heavy atom. The number of carbonyl (C=O) groups excluding carboxylic acids is 1. The van der Waals surface area contributed by atoms with E-state index in [1.165, 1.54) is 12.1 Å². The average Bonchev–Trinajstić information content (AvgIpc) is 2.42. The van der Waals surface area contributed by atoms with Gasteiger partial charge in [0.2, 0.25) is 5.91 Å². The molecule has 1 aliphatic heterocycles. The number of rotatable bonds is 3. The van der Waals surface area contributed by atoms with Gasteiger partial charge in [-0.2, -0.15) is 0 Å². The van der Waals surface area contributed by atoms with Crippen molar-refractivity contribution in [1.82, 2.24) is 10.2 Å². The van der Waals surface area contributed by atoms with Crippen molar-refractivity contribution < 1.29 is 9.18 Å². The quantitative estimate of drug-likeness (QED) is 0.920. The largest absolute Gasteiger partial charge is 0.341 e. The summed E-state index contributed by atoms with van der Waals surface area (Å²) in [6.45, 7) is 3.38. The zero-order valence-electron chi connectivity index (χ0n) is 12.2. The summed E-state index contributed by atoms with van der Waals surface area (Å²) in [6, 6.07) is 5.04. The Bertz CT molecular complexity index is 499. The van der Waals surface area contributed by atoms with E-state index < -0.39 is 5.82 Å². The van der Waals surface area contributed by atoms with E-state index in [1.54, 1.807) is 18.0 Å². The number of nitrogens with one attached hydrogen (secondary N) is 1. The maximum absolute atomic E-state index is 13.4. The van der Waals surface area contributed by atoms with Crippen LogP contribution in [0.3, 0.4) is 0 Å². The van der Waals surface area contributed by atoms with Crippen LogP contribution >= 0.6 is 24.0 Å². The fourth-order valence-corrected chi connectivity index (χ4v) is 2.78. The second-order valence-electron chi connectivity index (χ2n) is 5.52. The van der Waals surface area contributed by atoms with Crippen molar-refractivity contribution >= 4 is 29.9 Å². The molecule has 21 heavy (non-hydrogen) atoms. The monoisotopic (exact) mass is 334 g/mol. The van der Waals surface area contributed by atoms with Crippen molar-refractivity contribution in [2.45, 2.75) is 32.4 Å². The summed E-state index contributed by atoms with van der Waals surface area (Å²) >= 11 is 5.66. The highest BCUT2D eigenvalue weighted by atomic mass is 35.5. The predicted octanol–water partition coefficient (Wildman–Crippen LogP) is 3.25. The van der Waals surface area contributed by atoms with E-state index in [-0.39, 0.29) is 29.3 Å². The summed E-state index contributed by atoms with van der Waals surface area (Å²) in [6.07, 6.45) is 1.72. The SMILES string of the molecule is C[C@H]1C[C@@H](C(=O)N(C)Cc2ccc(Cl)c(F)c2)CCN1.Cl. The lowest BCUT2D eigenvalue weighted by Gasteiger charge is -2.30. The van der Waals surface area contributed by atoms with Crippen molar-refractivity contribution in [3.8, 4) is 0 Å². The minimum absolute atomic E-state index is 0. The molecule has 2 atom stereocenters. The van der Waals surface area contributed by atoms with Gasteiger partial charge >= 0.3 is 0 Å². The van der Waals surface area contributed by atoms with Gasteiger partial charge in [0.15, 0.2) is 0 Å². The predicted molar refractivity (Wildman–Crippen MR) is 85.3 cm³/mol. The molecule has 1 aliphatic rings. The van der Waals surface area contributed by atoms with Crippen LogP contribution in [0.1, 0.15) is 25.3 Å². The minimum Gasteiger partial charge on any atom is -0.341 e. The third-order valence-electron chi connectivity index (χ3n) is 3.75. The number of halogens is 3. The van der Waals surface area contributed by atoms with Crippen LogP contribution in [-0.2, 0) is 11.3 Å². The molecule has 0 spiro atoms. The van der Waals surface area contributed by atoms with Crippen LogP contribution < -0.4 is 5.32 Å². The van der Waals surface area contributed by atoms with Crippen molar-refractivity contribution in [1.29, 1.82) is 0 Å². The van der Waals surface area contributed by atoms with Crippen LogP contribution in [0.4, 0.5) is 4.39 Å². The van der Waals surface area contributed by atoms with Crippen LogP contribution in [0.25, 0.3) is 0 Å². The Hall–Kier alpha value is -0.840. The van der Waals surface area contributed by atoms with Gasteiger partial charge in [0.1, 0.15) is 5.82 Å². The lowest BCUT2D eigenvalue weighted by Crippen LogP contribution is -2.42. The third-order valence-corrected chi connectivity index (χ3v) is 4.06. The molecule has 6 heteroatoms. The maximum Gasteiger partial charge on any atom is 0.225 e. The van der Waals surface area contributed by atoms with Crippen molar-refractivity contribution in [3.05, 3.63) is 34.6 Å². The Balaban J connectivity index is 0.00000220. The van der Waals surface area contributed by atoms with Gasteiger partial charge < -0.3 is 10.2 Å². The highest BCUT2D eigenvalue weighted by molar-refractivity contribution is 6.30. The fourth-order valence-electron chi connectivity index (χ4n) is 2.66. The van der Waals surface area contributed by atoms with E-state index in [0.717, 1.165) is 24.9 Å². The zero-order valence-corrected chi connectivity index (χ0v) is 13.8. The van der Waals surface area contributed by atoms with E-state index in [4.69, 9.17) is 11.6 Å². The van der Waals surface area contributed by atoms with Crippen LogP contribution in [0, 0.1) is 11.7 Å². The van der Waals surface area contributed by atoms with E-state index in [2.05, 4.69) is 12.2 Å². The summed E-state index contributed by atoms with van der Waals surface area (Å²) in [4.78, 5) is 14.1. The summed E-state index contributed by atoms with van der Waals surface area (Å²) in [5, 5.41) is 3.44. The standard InChI is InChI=1S/C15H20ClFN2O.ClH/c1-10-7-12(5-6-18-10)15(20)19(2)9-11-3-4-13(16)14(17)8-11;/h3-4,8,10,12,18H,5-7,9H2,1-2H3;1H/t10-,12-;/m0./s1. The van der Waals surface area contributed by atoms with Crippen molar-refractivity contribution in [3.63, 3.8) is 0 Å². The summed E-state index contributed by atoms with van der Waals surface area (Å²) in [5.74, 6) is -0.248. The molecule has 1 amide bonds. The molecule has 3 nitrogen and oxygen atoms in total. The molecule has 1 N–H and O–H groups in total. The zero-order chi connectivity index (χ0) is 14.7. The maximum atomic E-state index is 13.4. The summed E-state index contributed by atoms with van der Waals surface area (Å²) in [5.41, 5.74) is 0.754. The molecular weight excluding hydrogens is 314 g/mol. The Labute approximate surface area is 136 Å². The van der Waals surface area contributed by atoms with Gasteiger partial charge in [-0.1, -0.05) is 17.7 Å². The summed E-state index contributed by atoms with van der Waals surface area (Å²) < 4.78 is 13.4. The Morgan fingerprint density at radius 3 is 2.86 bits per heavy atom. The average molecular weight is 335 g/mol. The fraction of sp³-hybridized carbons (Fsp3) is 0.533. The molecule has 0 saturated carbocycles. The molecule has 0 aromatic heterocycles. The number of hydrogen-bond donors (Lipinski definition) is 1. The third kappa shape index (κ3) is 4.83. The number of carbonyl (C=O) groups is 1. The highest BCUT2D eigenvalue weighted by Crippen LogP contribution is 2.20. The molecule has 1 fully saturated rings. The van der Waals surface area contributed by atoms with Gasteiger partial charge in [-0.25, -0.2) is 4.39 Å². The van der Waals surface area contributed by atoms with Gasteiger partial charge in [-0.3, -0.25) is 4.79 Å². The molecule has 1 saturated heterocycles. The van der Waals surface area contributed by atoms with Gasteiger partial charge in [-0.05, 0) is 44.0 Å². The first kappa shape index (κ1) is 18.2. The van der Waals surface area contributed by atoms with Crippen molar-refractivity contribution in [2.24, 2.45) is 5.92 Å². The first-order chi connectivity index (χ1) is 9.47. The Kier molecular flexibility index (Phi) is 6.91. The number of hydrogen-bond acceptors (Lipinski definition) is 2. The number of piperidine rings is 1. The second kappa shape index (κ2) is 7.97. The van der Waals surface area contributed by atoms with Crippen LogP contribution in [0.5, 0.6) is 0 Å². The number of benzene rings is 1. The van der Waals surface area contributed by atoms with Gasteiger partial charge in [0.05, 0.1) is 5.02 Å². The Morgan fingerprint density at radius 2 is 2.24 bits per heavy atom. The second-order valence-corrected chi connectivity index (χ2v) is 5.93. The molecule has 2 rings (SSSR count). The van der Waals surface area contributed by atoms with Gasteiger partial charge in [-0.15, -0.1) is 12.4 Å². The van der Waals surface area contributed by atoms with Crippen LogP contribution in [0.2, 0.25) is 5.02 Å². The smallest absolute Gasteiger partial charge is 0.225 e. The van der Waals surface area contributed by atoms with Gasteiger partial charge in [0, 0.05) is 25.6 Å². The number of nitrogens with zero attached hydrogens (tertiary/aromatic N) is 1. The first-order valence-electron chi connectivity index (χ1n) is 6.89. The van der Waals surface area contributed by atoms with Crippen molar-refractivity contribution in [2.75, 3.05) is 13.6 Å². The van der Waals surface area contributed by atoms with E-state index in [9.17, 15) is 9.18 Å². The molecule has 0 bridgehead atoms. The number of amides is 1. The van der Waals surface area contributed by atoms with Gasteiger partial charge in [0.25, 0.3) is 0 Å². The van der Waals surface area contributed by atoms with E-state index in [0.29, 0.717) is 12.6 Å². The first-order valence-corrected chi connectivity index (χ1v) is 7.27. The molecule has 1 aromatic rings. The molecule has 1 aromatic carbocycles. The molecule has 118 valence electrons. The molecule has 0 radical (unpaired) electrons. The molecule has 0 aliphatic carbocycles. The normalized spacial score (nSPS) is 21.5. The summed E-state index contributed by atoms with van der Waals surface area (Å²) in [7, 11) is 1.77. The topological polar surface area (TPSA) is 32.3 Å². The van der Waals surface area contributed by atoms with E-state index >= 15 is 0 Å². The van der Waals surface area contributed by atoms with Crippen LogP contribution in [0.15, 0.2) is 18.2 Å².